The van der Waals surface area contributed by atoms with Crippen LogP contribution in [0, 0.1) is 5.41 Å². The molecule has 1 aromatic carbocycles. The summed E-state index contributed by atoms with van der Waals surface area (Å²) in [7, 11) is 0. The average Bonchev–Trinajstić information content (AvgIpc) is 3.76. The highest BCUT2D eigenvalue weighted by Gasteiger charge is 2.42. The number of ether oxygens (including phenoxy) is 4. The Morgan fingerprint density at radius 2 is 2.11 bits per heavy atom. The second-order valence-electron chi connectivity index (χ2n) is 11.5. The number of carbonyl (C=O) groups excluding carboxylic acids is 1. The summed E-state index contributed by atoms with van der Waals surface area (Å²) in [6, 6.07) is 0. The summed E-state index contributed by atoms with van der Waals surface area (Å²) in [5.74, 6) is 0.0597. The van der Waals surface area contributed by atoms with E-state index in [0.29, 0.717) is 64.1 Å². The number of benzene rings is 1. The van der Waals surface area contributed by atoms with Gasteiger partial charge in [-0.05, 0) is 38.8 Å². The molecule has 15 heteroatoms. The standard InChI is InChI=1S/C31H35N7O8/c1-5-11-44-24-17-13-20(31(3,4)42)46-23(17)18(14-39)25-21(24)16(12-19(45-25)28(41)43-6-2)7-9-37-10-8-33-30(37)38-15-34-22-26(38)35-29(32)36-27(22)40/h7-8,10,12,20,39,42H,5-6,9,11,13-15H2,1-4H3,(H2,32,36,40). The molecule has 46 heavy (non-hydrogen) atoms. The molecule has 0 aliphatic carbocycles. The fraction of sp³-hybridized carbons (Fsp3) is 0.419. The zero-order valence-corrected chi connectivity index (χ0v) is 25.9. The number of nitrogens with one attached hydrogen (secondary N) is 2. The number of fused-ring (bicyclic) bond motifs is 3. The summed E-state index contributed by atoms with van der Waals surface area (Å²) >= 11 is 0. The number of aliphatic hydroxyl groups excluding tert-OH is 1. The number of nitrogens with zero attached hydrogens (tertiary/aromatic N) is 5. The highest BCUT2D eigenvalue weighted by atomic mass is 16.6. The van der Waals surface area contributed by atoms with Crippen LogP contribution in [0.3, 0.4) is 0 Å². The quantitative estimate of drug-likeness (QED) is 0.264. The average molecular weight is 634 g/mol. The number of quaternary nitrogens is 1. The first-order valence-corrected chi connectivity index (χ1v) is 15.0. The normalized spacial score (nSPS) is 20.9. The Labute approximate surface area is 264 Å². The Balaban J connectivity index is 1.45. The zero-order valence-electron chi connectivity index (χ0n) is 25.9. The minimum Gasteiger partial charge on any atom is -0.857 e. The smallest absolute Gasteiger partial charge is 0.374 e. The molecule has 0 saturated carbocycles. The number of esters is 1. The SMILES string of the molecule is CCCOc1c2c(c(CO)c3c1C(=CCn1ccnc1[NH+]1CN=C4C([O-])=NC(=N)N=C41)C=C(C(=O)OCC)O3)OC(C(C)(C)O)C2. The van der Waals surface area contributed by atoms with Gasteiger partial charge in [0, 0.05) is 30.6 Å². The maximum Gasteiger partial charge on any atom is 0.374 e. The molecule has 2 aromatic rings. The summed E-state index contributed by atoms with van der Waals surface area (Å²) in [6.45, 7) is 7.42. The van der Waals surface area contributed by atoms with Gasteiger partial charge in [-0.2, -0.15) is 9.98 Å². The van der Waals surface area contributed by atoms with Crippen molar-refractivity contribution in [3.63, 3.8) is 0 Å². The lowest BCUT2D eigenvalue weighted by Gasteiger charge is -2.27. The van der Waals surface area contributed by atoms with Crippen molar-refractivity contribution in [3.05, 3.63) is 47.0 Å². The second-order valence-corrected chi connectivity index (χ2v) is 11.5. The van der Waals surface area contributed by atoms with Gasteiger partial charge in [0.15, 0.2) is 12.4 Å². The lowest BCUT2D eigenvalue weighted by molar-refractivity contribution is -0.730. The molecule has 6 rings (SSSR count). The van der Waals surface area contributed by atoms with E-state index in [0.717, 1.165) is 0 Å². The van der Waals surface area contributed by atoms with Crippen LogP contribution in [-0.4, -0.2) is 80.7 Å². The van der Waals surface area contributed by atoms with Gasteiger partial charge in [-0.1, -0.05) is 13.0 Å². The fourth-order valence-corrected chi connectivity index (χ4v) is 5.70. The van der Waals surface area contributed by atoms with E-state index in [1.54, 1.807) is 39.2 Å². The Morgan fingerprint density at radius 1 is 1.30 bits per heavy atom. The van der Waals surface area contributed by atoms with E-state index in [-0.39, 0.29) is 42.9 Å². The van der Waals surface area contributed by atoms with E-state index < -0.39 is 36.1 Å². The van der Waals surface area contributed by atoms with E-state index >= 15 is 0 Å². The van der Waals surface area contributed by atoms with Crippen molar-refractivity contribution in [1.82, 2.24) is 9.55 Å². The number of hydrogen-bond acceptors (Lipinski definition) is 11. The van der Waals surface area contributed by atoms with Crippen LogP contribution >= 0.6 is 0 Å². The summed E-state index contributed by atoms with van der Waals surface area (Å²) in [4.78, 5) is 30.1. The lowest BCUT2D eigenvalue weighted by atomic mass is 9.90. The third kappa shape index (κ3) is 5.46. The molecule has 242 valence electrons. The first-order valence-electron chi connectivity index (χ1n) is 15.0. The van der Waals surface area contributed by atoms with E-state index in [2.05, 4.69) is 20.0 Å². The van der Waals surface area contributed by atoms with Gasteiger partial charge in [0.25, 0.3) is 5.84 Å². The molecule has 2 atom stereocenters. The van der Waals surface area contributed by atoms with Crippen LogP contribution in [-0.2, 0) is 29.1 Å². The van der Waals surface area contributed by atoms with Gasteiger partial charge in [0.05, 0.1) is 42.7 Å². The van der Waals surface area contributed by atoms with Crippen LogP contribution in [0.2, 0.25) is 0 Å². The maximum atomic E-state index is 13.0. The molecule has 1 aromatic heterocycles. The number of allylic oxidation sites excluding steroid dienone is 3. The number of imidazole rings is 1. The first-order chi connectivity index (χ1) is 22.0. The van der Waals surface area contributed by atoms with Crippen molar-refractivity contribution in [3.8, 4) is 17.2 Å². The lowest BCUT2D eigenvalue weighted by Crippen LogP contribution is -3.10. The second kappa shape index (κ2) is 12.2. The van der Waals surface area contributed by atoms with Gasteiger partial charge in [0.1, 0.15) is 23.4 Å². The third-order valence-corrected chi connectivity index (χ3v) is 7.89. The summed E-state index contributed by atoms with van der Waals surface area (Å²) in [5, 5.41) is 41.5. The Bertz CT molecular complexity index is 1760. The Morgan fingerprint density at radius 3 is 2.83 bits per heavy atom. The van der Waals surface area contributed by atoms with Crippen LogP contribution in [0.5, 0.6) is 17.2 Å². The predicted octanol–water partition coefficient (Wildman–Crippen LogP) is 0.196. The highest BCUT2D eigenvalue weighted by Crippen LogP contribution is 2.53. The van der Waals surface area contributed by atoms with Crippen LogP contribution in [0.25, 0.3) is 5.57 Å². The van der Waals surface area contributed by atoms with Crippen molar-refractivity contribution in [2.24, 2.45) is 15.0 Å². The van der Waals surface area contributed by atoms with E-state index in [4.69, 9.17) is 24.4 Å². The summed E-state index contributed by atoms with van der Waals surface area (Å²) < 4.78 is 25.8. The number of aromatic nitrogens is 2. The number of amidine groups is 1. The van der Waals surface area contributed by atoms with Crippen LogP contribution < -0.4 is 24.2 Å². The van der Waals surface area contributed by atoms with Gasteiger partial charge in [0.2, 0.25) is 11.7 Å². The number of carbonyl (C=O) groups is 1. The topological polar surface area (TPSA) is 201 Å². The van der Waals surface area contributed by atoms with Gasteiger partial charge in [-0.3, -0.25) is 9.98 Å². The number of guanidine groups is 1. The van der Waals surface area contributed by atoms with E-state index in [1.165, 1.54) is 0 Å². The van der Waals surface area contributed by atoms with Gasteiger partial charge >= 0.3 is 11.9 Å². The molecule has 0 saturated heterocycles. The predicted molar refractivity (Wildman–Crippen MR) is 164 cm³/mol. The molecule has 4 aliphatic heterocycles. The third-order valence-electron chi connectivity index (χ3n) is 7.89. The minimum absolute atomic E-state index is 0.0832. The highest BCUT2D eigenvalue weighted by molar-refractivity contribution is 6.66. The summed E-state index contributed by atoms with van der Waals surface area (Å²) in [5.41, 5.74) is 1.02. The van der Waals surface area contributed by atoms with E-state index in [1.807, 2.05) is 17.6 Å². The largest absolute Gasteiger partial charge is 0.857 e. The molecule has 15 nitrogen and oxygen atoms in total. The molecule has 0 spiro atoms. The zero-order chi connectivity index (χ0) is 32.7. The molecule has 0 amide bonds. The molecule has 0 radical (unpaired) electrons. The van der Waals surface area contributed by atoms with Gasteiger partial charge < -0.3 is 34.3 Å². The Hall–Kier alpha value is -4.86. The molecule has 4 N–H and O–H groups in total. The van der Waals surface area contributed by atoms with Crippen molar-refractivity contribution >= 4 is 40.9 Å². The maximum absolute atomic E-state index is 13.0. The molecule has 0 fully saturated rings. The molecular formula is C31H35N7O8. The molecular weight excluding hydrogens is 598 g/mol. The van der Waals surface area contributed by atoms with Crippen molar-refractivity contribution < 1.29 is 44.0 Å². The minimum atomic E-state index is -1.19. The number of aliphatic imine (C=N–C) groups is 3. The Kier molecular flexibility index (Phi) is 8.22. The number of aliphatic hydroxyl groups is 2. The van der Waals surface area contributed by atoms with Gasteiger partial charge in [-0.15, -0.1) is 0 Å². The van der Waals surface area contributed by atoms with Crippen LogP contribution in [0.1, 0.15) is 50.8 Å². The van der Waals surface area contributed by atoms with Crippen molar-refractivity contribution in [2.75, 3.05) is 19.9 Å². The first kappa shape index (κ1) is 31.1. The molecule has 4 aliphatic rings. The number of rotatable bonds is 10. The van der Waals surface area contributed by atoms with Gasteiger partial charge in [-0.25, -0.2) is 19.7 Å². The van der Waals surface area contributed by atoms with Crippen molar-refractivity contribution in [1.29, 1.82) is 5.41 Å². The molecule has 5 heterocycles. The van der Waals surface area contributed by atoms with Crippen LogP contribution in [0.15, 0.2) is 45.3 Å². The monoisotopic (exact) mass is 633 g/mol. The molecule has 2 unspecified atom stereocenters. The van der Waals surface area contributed by atoms with E-state index in [9.17, 15) is 20.1 Å². The molecule has 0 bridgehead atoms. The number of hydrogen-bond donors (Lipinski definition) is 4. The summed E-state index contributed by atoms with van der Waals surface area (Å²) in [6.07, 6.45) is 7.23. The van der Waals surface area contributed by atoms with Crippen molar-refractivity contribution in [2.45, 2.75) is 65.4 Å². The fourth-order valence-electron chi connectivity index (χ4n) is 5.70. The van der Waals surface area contributed by atoms with Crippen LogP contribution in [0.4, 0.5) is 5.95 Å².